The maximum Gasteiger partial charge on any atom is 0.118 e. The number of hydrogen-bond acceptors (Lipinski definition) is 3. The molecule has 0 amide bonds. The van der Waals surface area contributed by atoms with Crippen molar-refractivity contribution in [3.05, 3.63) is 53.5 Å². The van der Waals surface area contributed by atoms with Crippen LogP contribution in [0, 0.1) is 5.92 Å². The van der Waals surface area contributed by atoms with Crippen LogP contribution in [-0.4, -0.2) is 7.11 Å². The summed E-state index contributed by atoms with van der Waals surface area (Å²) in [4.78, 5) is 0. The predicted molar refractivity (Wildman–Crippen MR) is 78.8 cm³/mol. The molecule has 3 rings (SSSR count). The summed E-state index contributed by atoms with van der Waals surface area (Å²) in [5, 5.41) is 3.40. The molecule has 1 aliphatic carbocycles. The third kappa shape index (κ3) is 3.05. The van der Waals surface area contributed by atoms with E-state index in [0.29, 0.717) is 5.92 Å². The molecular formula is C17H21NO2. The summed E-state index contributed by atoms with van der Waals surface area (Å²) in [6, 6.07) is 12.3. The van der Waals surface area contributed by atoms with Crippen molar-refractivity contribution in [2.24, 2.45) is 5.92 Å². The molecule has 1 saturated carbocycles. The van der Waals surface area contributed by atoms with Crippen LogP contribution in [0.2, 0.25) is 0 Å². The Morgan fingerprint density at radius 1 is 1.15 bits per heavy atom. The number of methoxy groups -OCH3 is 1. The van der Waals surface area contributed by atoms with E-state index < -0.39 is 0 Å². The van der Waals surface area contributed by atoms with Gasteiger partial charge in [-0.25, -0.2) is 0 Å². The monoisotopic (exact) mass is 271 g/mol. The molecule has 3 heteroatoms. The lowest BCUT2D eigenvalue weighted by atomic mass is 10.2. The van der Waals surface area contributed by atoms with Crippen molar-refractivity contribution in [2.75, 3.05) is 7.11 Å². The zero-order chi connectivity index (χ0) is 13.9. The molecule has 2 aromatic rings. The van der Waals surface area contributed by atoms with Gasteiger partial charge >= 0.3 is 0 Å². The Balaban J connectivity index is 1.48. The average Bonchev–Trinajstić information content (AvgIpc) is 3.01. The van der Waals surface area contributed by atoms with E-state index in [0.717, 1.165) is 36.3 Å². The molecule has 0 unspecified atom stereocenters. The second-order valence-corrected chi connectivity index (χ2v) is 5.58. The van der Waals surface area contributed by atoms with E-state index in [4.69, 9.17) is 9.15 Å². The number of hydrogen-bond donors (Lipinski definition) is 1. The maximum atomic E-state index is 5.87. The Bertz CT molecular complexity index is 559. The minimum Gasteiger partial charge on any atom is -0.497 e. The first kappa shape index (κ1) is 13.3. The van der Waals surface area contributed by atoms with Crippen molar-refractivity contribution in [3.63, 3.8) is 0 Å². The summed E-state index contributed by atoms with van der Waals surface area (Å²) in [5.74, 6) is 4.51. The van der Waals surface area contributed by atoms with E-state index in [9.17, 15) is 0 Å². The lowest BCUT2D eigenvalue weighted by Gasteiger charge is -2.04. The molecule has 0 spiro atoms. The fourth-order valence-electron chi connectivity index (χ4n) is 2.48. The Kier molecular flexibility index (Phi) is 3.79. The van der Waals surface area contributed by atoms with Crippen molar-refractivity contribution < 1.29 is 9.15 Å². The number of rotatable bonds is 6. The summed E-state index contributed by atoms with van der Waals surface area (Å²) < 4.78 is 11.0. The smallest absolute Gasteiger partial charge is 0.118 e. The summed E-state index contributed by atoms with van der Waals surface area (Å²) in [6.07, 6.45) is 1.27. The van der Waals surface area contributed by atoms with Gasteiger partial charge in [-0.1, -0.05) is 19.1 Å². The second-order valence-electron chi connectivity index (χ2n) is 5.58. The molecular weight excluding hydrogens is 250 g/mol. The largest absolute Gasteiger partial charge is 0.497 e. The zero-order valence-corrected chi connectivity index (χ0v) is 12.1. The number of furan rings is 1. The summed E-state index contributed by atoms with van der Waals surface area (Å²) in [5.41, 5.74) is 1.24. The number of benzene rings is 1. The van der Waals surface area contributed by atoms with Crippen LogP contribution < -0.4 is 10.1 Å². The van der Waals surface area contributed by atoms with E-state index in [1.165, 1.54) is 12.0 Å². The molecule has 1 aliphatic rings. The molecule has 3 nitrogen and oxygen atoms in total. The van der Waals surface area contributed by atoms with Gasteiger partial charge in [-0.3, -0.25) is 0 Å². The van der Waals surface area contributed by atoms with E-state index in [1.807, 2.05) is 12.1 Å². The highest BCUT2D eigenvalue weighted by Crippen LogP contribution is 2.47. The molecule has 0 aliphatic heterocycles. The Hall–Kier alpha value is -1.74. The third-order valence-corrected chi connectivity index (χ3v) is 3.94. The van der Waals surface area contributed by atoms with Gasteiger partial charge in [0.15, 0.2) is 0 Å². The Labute approximate surface area is 119 Å². The topological polar surface area (TPSA) is 34.4 Å². The summed E-state index contributed by atoms with van der Waals surface area (Å²) >= 11 is 0. The van der Waals surface area contributed by atoms with Crippen molar-refractivity contribution in [1.82, 2.24) is 5.32 Å². The van der Waals surface area contributed by atoms with Crippen molar-refractivity contribution in [1.29, 1.82) is 0 Å². The van der Waals surface area contributed by atoms with Gasteiger partial charge in [0.25, 0.3) is 0 Å². The minimum absolute atomic E-state index is 0.658. The van der Waals surface area contributed by atoms with Crippen molar-refractivity contribution >= 4 is 0 Å². The van der Waals surface area contributed by atoms with Crippen LogP contribution in [0.25, 0.3) is 0 Å². The first-order valence-corrected chi connectivity index (χ1v) is 7.18. The first-order chi connectivity index (χ1) is 9.76. The van der Waals surface area contributed by atoms with Crippen LogP contribution in [0.15, 0.2) is 40.8 Å². The normalized spacial score (nSPS) is 20.9. The molecule has 0 radical (unpaired) electrons. The molecule has 1 N–H and O–H groups in total. The fraction of sp³-hybridized carbons (Fsp3) is 0.412. The molecule has 1 aromatic carbocycles. The predicted octanol–water partition coefficient (Wildman–Crippen LogP) is 3.70. The zero-order valence-electron chi connectivity index (χ0n) is 12.1. The van der Waals surface area contributed by atoms with Gasteiger partial charge in [0.1, 0.15) is 17.3 Å². The fourth-order valence-corrected chi connectivity index (χ4v) is 2.48. The summed E-state index contributed by atoms with van der Waals surface area (Å²) in [7, 11) is 1.68. The third-order valence-electron chi connectivity index (χ3n) is 3.94. The van der Waals surface area contributed by atoms with Crippen LogP contribution in [0.3, 0.4) is 0 Å². The van der Waals surface area contributed by atoms with E-state index in [2.05, 4.69) is 36.5 Å². The molecule has 0 saturated heterocycles. The molecule has 1 heterocycles. The van der Waals surface area contributed by atoms with Crippen LogP contribution in [0.1, 0.15) is 36.3 Å². The highest BCUT2D eigenvalue weighted by Gasteiger charge is 2.36. The van der Waals surface area contributed by atoms with Gasteiger partial charge in [-0.2, -0.15) is 0 Å². The van der Waals surface area contributed by atoms with Crippen LogP contribution in [0.4, 0.5) is 0 Å². The first-order valence-electron chi connectivity index (χ1n) is 7.18. The summed E-state index contributed by atoms with van der Waals surface area (Å²) in [6.45, 7) is 3.88. The molecule has 1 aromatic heterocycles. The lowest BCUT2D eigenvalue weighted by molar-refractivity contribution is 0.414. The van der Waals surface area contributed by atoms with Gasteiger partial charge in [-0.15, -0.1) is 0 Å². The highest BCUT2D eigenvalue weighted by molar-refractivity contribution is 5.27. The molecule has 1 fully saturated rings. The lowest BCUT2D eigenvalue weighted by Crippen LogP contribution is -2.11. The van der Waals surface area contributed by atoms with Gasteiger partial charge in [0.2, 0.25) is 0 Å². The Morgan fingerprint density at radius 2 is 1.90 bits per heavy atom. The molecule has 0 bridgehead atoms. The quantitative estimate of drug-likeness (QED) is 0.870. The maximum absolute atomic E-state index is 5.87. The number of ether oxygens (including phenoxy) is 1. The van der Waals surface area contributed by atoms with Gasteiger partial charge < -0.3 is 14.5 Å². The van der Waals surface area contributed by atoms with E-state index in [1.54, 1.807) is 7.11 Å². The van der Waals surface area contributed by atoms with E-state index in [-0.39, 0.29) is 0 Å². The van der Waals surface area contributed by atoms with Gasteiger partial charge in [0, 0.05) is 12.5 Å². The average molecular weight is 271 g/mol. The van der Waals surface area contributed by atoms with E-state index >= 15 is 0 Å². The van der Waals surface area contributed by atoms with Crippen LogP contribution in [0.5, 0.6) is 5.75 Å². The van der Waals surface area contributed by atoms with Gasteiger partial charge in [-0.05, 0) is 42.2 Å². The second kappa shape index (κ2) is 5.71. The van der Waals surface area contributed by atoms with Gasteiger partial charge in [0.05, 0.1) is 13.7 Å². The Morgan fingerprint density at radius 3 is 2.55 bits per heavy atom. The molecule has 20 heavy (non-hydrogen) atoms. The van der Waals surface area contributed by atoms with Crippen molar-refractivity contribution in [2.45, 2.75) is 32.4 Å². The number of nitrogens with one attached hydrogen (secondary N) is 1. The minimum atomic E-state index is 0.658. The van der Waals surface area contributed by atoms with Crippen molar-refractivity contribution in [3.8, 4) is 5.75 Å². The van der Waals surface area contributed by atoms with Crippen LogP contribution >= 0.6 is 0 Å². The standard InChI is InChI=1S/C17H21NO2/c1-12-9-16(12)17-8-7-15(20-17)11-18-10-13-3-5-14(19-2)6-4-13/h3-8,12,16,18H,9-11H2,1-2H3/t12-,16+/m1/s1. The SMILES string of the molecule is COc1ccc(CNCc2ccc([C@H]3C[C@H]3C)o2)cc1. The molecule has 2 atom stereocenters. The highest BCUT2D eigenvalue weighted by atomic mass is 16.5. The molecule has 106 valence electrons. The van der Waals surface area contributed by atoms with Crippen LogP contribution in [-0.2, 0) is 13.1 Å².